The first-order chi connectivity index (χ1) is 29.7. The zero-order chi connectivity index (χ0) is 44.5. The van der Waals surface area contributed by atoms with Crippen LogP contribution in [0.15, 0.2) is 46.5 Å². The summed E-state index contributed by atoms with van der Waals surface area (Å²) in [5.74, 6) is -0.208. The van der Waals surface area contributed by atoms with Gasteiger partial charge in [-0.25, -0.2) is 5.43 Å². The molecule has 1 aromatic carbocycles. The van der Waals surface area contributed by atoms with E-state index in [4.69, 9.17) is 24.2 Å². The summed E-state index contributed by atoms with van der Waals surface area (Å²) < 4.78 is 21.0. The van der Waals surface area contributed by atoms with Gasteiger partial charge in [-0.15, -0.1) is 11.8 Å². The summed E-state index contributed by atoms with van der Waals surface area (Å²) in [5, 5.41) is 16.5. The highest BCUT2D eigenvalue weighted by Gasteiger charge is 2.50. The zero-order valence-corrected chi connectivity index (χ0v) is 38.6. The van der Waals surface area contributed by atoms with Gasteiger partial charge in [0.2, 0.25) is 5.91 Å². The number of β-amino-alcohol motifs (C(OH)–C–C–N with tert-alkyl or cyclic N) is 1. The minimum atomic E-state index is -1.11. The monoisotopic (exact) mass is 873 g/mol. The number of amides is 2. The first-order valence-electron chi connectivity index (χ1n) is 22.5. The van der Waals surface area contributed by atoms with Crippen molar-refractivity contribution in [2.24, 2.45) is 33.2 Å². The Morgan fingerprint density at radius 3 is 2.66 bits per heavy atom. The van der Waals surface area contributed by atoms with Gasteiger partial charge in [0.15, 0.2) is 0 Å². The quantitative estimate of drug-likeness (QED) is 0.145. The fourth-order valence-electron chi connectivity index (χ4n) is 9.62. The van der Waals surface area contributed by atoms with E-state index in [1.165, 1.54) is 5.01 Å². The van der Waals surface area contributed by atoms with Crippen LogP contribution in [0.4, 0.5) is 0 Å². The number of methoxy groups -OCH3 is 1. The Labute approximate surface area is 370 Å². The number of likely N-dealkylation sites (tertiary alicyclic amines) is 1. The van der Waals surface area contributed by atoms with Crippen LogP contribution in [0.5, 0.6) is 0 Å². The Bertz CT molecular complexity index is 2110. The van der Waals surface area contributed by atoms with Gasteiger partial charge < -0.3 is 29.2 Å². The minimum Gasteiger partial charge on any atom is -0.464 e. The van der Waals surface area contributed by atoms with Crippen molar-refractivity contribution in [1.29, 1.82) is 0 Å². The first-order valence-corrected chi connectivity index (χ1v) is 23.5. The van der Waals surface area contributed by atoms with E-state index in [9.17, 15) is 19.5 Å². The molecule has 1 aromatic heterocycles. The molecule has 4 aliphatic heterocycles. The van der Waals surface area contributed by atoms with Crippen molar-refractivity contribution in [3.63, 3.8) is 0 Å². The molecule has 6 bridgehead atoms. The number of aromatic nitrogens is 1. The lowest BCUT2D eigenvalue weighted by Gasteiger charge is -2.37. The highest BCUT2D eigenvalue weighted by atomic mass is 32.2. The summed E-state index contributed by atoms with van der Waals surface area (Å²) in [6, 6.07) is 4.43. The fraction of sp³-hybridized carbons (Fsp3) is 0.638. The van der Waals surface area contributed by atoms with Gasteiger partial charge in [0.05, 0.1) is 42.9 Å². The molecule has 2 unspecified atom stereocenters. The lowest BCUT2D eigenvalue weighted by Crippen LogP contribution is -2.63. The maximum atomic E-state index is 14.9. The lowest BCUT2D eigenvalue weighted by atomic mass is 9.84. The van der Waals surface area contributed by atoms with Crippen LogP contribution in [0.25, 0.3) is 16.5 Å². The number of aliphatic hydroxyl groups is 1. The Kier molecular flexibility index (Phi) is 14.5. The van der Waals surface area contributed by atoms with Crippen LogP contribution in [0.1, 0.15) is 90.6 Å². The number of rotatable bonds is 12. The number of thioether (sulfide) groups is 1. The van der Waals surface area contributed by atoms with Gasteiger partial charge in [-0.3, -0.25) is 34.3 Å². The Balaban J connectivity index is 1.37. The second kappa shape index (κ2) is 19.5. The molecule has 3 N–H and O–H groups in total. The van der Waals surface area contributed by atoms with Gasteiger partial charge in [-0.2, -0.15) is 0 Å². The average Bonchev–Trinajstić information content (AvgIpc) is 3.68. The maximum absolute atomic E-state index is 14.9. The predicted molar refractivity (Wildman–Crippen MR) is 245 cm³/mol. The lowest BCUT2D eigenvalue weighted by molar-refractivity contribution is -0.156. The van der Waals surface area contributed by atoms with Gasteiger partial charge in [0, 0.05) is 79.6 Å². The molecule has 14 nitrogen and oxygen atoms in total. The molecule has 1 aliphatic carbocycles. The molecule has 0 radical (unpaired) electrons. The van der Waals surface area contributed by atoms with E-state index >= 15 is 0 Å². The van der Waals surface area contributed by atoms with Crippen molar-refractivity contribution in [3.05, 3.63) is 53.4 Å². The number of allylic oxidation sites excluding steroid dienone is 2. The number of aliphatic hydroxyl groups excluding tert-OH is 1. The van der Waals surface area contributed by atoms with E-state index in [-0.39, 0.29) is 61.0 Å². The number of aryl methyl sites for hydroxylation is 1. The maximum Gasteiger partial charge on any atom is 0.324 e. The number of hydrogen-bond acceptors (Lipinski definition) is 12. The van der Waals surface area contributed by atoms with Crippen LogP contribution >= 0.6 is 11.8 Å². The number of cyclic esters (lactones) is 1. The first kappa shape index (κ1) is 46.1. The molecule has 15 heteroatoms. The average molecular weight is 874 g/mol. The van der Waals surface area contributed by atoms with Crippen LogP contribution in [0.3, 0.4) is 0 Å². The van der Waals surface area contributed by atoms with Crippen LogP contribution in [-0.4, -0.2) is 131 Å². The summed E-state index contributed by atoms with van der Waals surface area (Å²) in [4.78, 5) is 55.1. The highest BCUT2D eigenvalue weighted by molar-refractivity contribution is 8.14. The molecule has 338 valence electrons. The van der Waals surface area contributed by atoms with E-state index in [0.29, 0.717) is 62.7 Å². The van der Waals surface area contributed by atoms with Crippen LogP contribution in [-0.2, 0) is 41.6 Å². The van der Waals surface area contributed by atoms with Crippen molar-refractivity contribution in [1.82, 2.24) is 25.2 Å². The smallest absolute Gasteiger partial charge is 0.324 e. The molecule has 62 heavy (non-hydrogen) atoms. The van der Waals surface area contributed by atoms with Gasteiger partial charge in [-0.1, -0.05) is 46.4 Å². The number of nitrogens with one attached hydrogen (secondary N) is 2. The SMILES string of the molecule is C=C/C(=C(\N=CC)[C@H](C)OC)c1c2c3cc(ccc3n1CC)C1CSC(=N1)[C@@H](OCCN1CC[C@@H](O)C1)[C@H](NC(=O)C1[C@@H](C)[C@H]1C)C(=O)N1CCC[C@H](N1)C(=O)OCC(C)(C)C2. The standard InChI is InChI=1S/C47H67N7O7S/c1-10-32(39(48-11-2)29(6)59-9)41-34-23-47(7,8)26-61-46(58)35-14-13-18-54(51-35)45(57)40(50-43(56)38-27(4)28(38)5)42(60-21-20-52-19-17-31(55)24-52)44-49-36(25-62-44)30-15-16-37(33(34)22-30)53(41)12-3/h10-11,15-16,22,27-29,31,35-36,38,40,42,51,55H,1,12-14,17-21,23-26H2,2-9H3,(H,50,56)/b39-32+,48-11?/t27-,28+,29-,31+,35-,36?,38?,40-,42-/m0/s1. The van der Waals surface area contributed by atoms with Gasteiger partial charge in [0.25, 0.3) is 5.91 Å². The summed E-state index contributed by atoms with van der Waals surface area (Å²) in [7, 11) is 1.68. The van der Waals surface area contributed by atoms with E-state index in [1.54, 1.807) is 25.1 Å². The van der Waals surface area contributed by atoms with Crippen molar-refractivity contribution in [2.45, 2.75) is 117 Å². The predicted octanol–water partition coefficient (Wildman–Crippen LogP) is 5.33. The number of carbonyl (C=O) groups excluding carboxylic acids is 3. The Morgan fingerprint density at radius 2 is 2.00 bits per heavy atom. The number of carbonyl (C=O) groups is 3. The molecule has 2 amide bonds. The molecule has 2 saturated heterocycles. The molecular formula is C47H67N7O7S. The van der Waals surface area contributed by atoms with E-state index < -0.39 is 29.6 Å². The Hall–Kier alpha value is -3.86. The van der Waals surface area contributed by atoms with Crippen molar-refractivity contribution < 1.29 is 33.7 Å². The molecule has 3 fully saturated rings. The number of hydrogen-bond donors (Lipinski definition) is 3. The summed E-state index contributed by atoms with van der Waals surface area (Å²) in [6.07, 6.45) is 4.41. The Morgan fingerprint density at radius 1 is 1.23 bits per heavy atom. The number of hydrazine groups is 1. The molecule has 1 saturated carbocycles. The number of ether oxygens (including phenoxy) is 3. The summed E-state index contributed by atoms with van der Waals surface area (Å²) in [6.45, 7) is 21.9. The molecule has 7 rings (SSSR count). The van der Waals surface area contributed by atoms with E-state index in [2.05, 4.69) is 79.6 Å². The van der Waals surface area contributed by atoms with E-state index in [1.807, 2.05) is 19.9 Å². The topological polar surface area (TPSA) is 159 Å². The third kappa shape index (κ3) is 9.63. The second-order valence-electron chi connectivity index (χ2n) is 18.4. The van der Waals surface area contributed by atoms with E-state index in [0.717, 1.165) is 45.5 Å². The summed E-state index contributed by atoms with van der Waals surface area (Å²) >= 11 is 1.55. The molecule has 5 aliphatic rings. The molecule has 9 atom stereocenters. The number of benzene rings is 1. The van der Waals surface area contributed by atoms with Gasteiger partial charge in [0.1, 0.15) is 23.2 Å². The van der Waals surface area contributed by atoms with Gasteiger partial charge in [-0.05, 0) is 81.5 Å². The van der Waals surface area contributed by atoms with Crippen LogP contribution in [0, 0.1) is 23.2 Å². The number of fused-ring (bicyclic) bond motifs is 5. The highest BCUT2D eigenvalue weighted by Crippen LogP contribution is 2.46. The summed E-state index contributed by atoms with van der Waals surface area (Å²) in [5.41, 5.74) is 8.50. The van der Waals surface area contributed by atoms with Crippen molar-refractivity contribution in [2.75, 3.05) is 52.3 Å². The number of aliphatic imine (C=N–C) groups is 2. The third-order valence-electron chi connectivity index (χ3n) is 13.5. The third-order valence-corrected chi connectivity index (χ3v) is 14.6. The second-order valence-corrected chi connectivity index (χ2v) is 19.5. The van der Waals surface area contributed by atoms with Crippen LogP contribution < -0.4 is 10.7 Å². The normalized spacial score (nSPS) is 30.2. The van der Waals surface area contributed by atoms with Crippen molar-refractivity contribution in [3.8, 4) is 0 Å². The van der Waals surface area contributed by atoms with Crippen molar-refractivity contribution >= 4 is 57.3 Å². The van der Waals surface area contributed by atoms with Gasteiger partial charge >= 0.3 is 5.97 Å². The zero-order valence-electron chi connectivity index (χ0n) is 37.8. The fourth-order valence-corrected chi connectivity index (χ4v) is 10.8. The van der Waals surface area contributed by atoms with Crippen LogP contribution in [0.2, 0.25) is 0 Å². The molecule has 5 heterocycles. The molecular weight excluding hydrogens is 807 g/mol. The molecule has 2 aromatic rings. The number of nitrogens with zero attached hydrogens (tertiary/aromatic N) is 5. The minimum absolute atomic E-state index is 0.144. The largest absolute Gasteiger partial charge is 0.464 e. The number of esters is 1. The molecule has 0 spiro atoms.